The SMILES string of the molecule is CCCCCCCCCCOc1cc(CCl)cc(OCCCCCCCCCC)c1. The minimum atomic E-state index is 0.489. The van der Waals surface area contributed by atoms with Crippen LogP contribution in [0.3, 0.4) is 0 Å². The average molecular weight is 439 g/mol. The second-order valence-electron chi connectivity index (χ2n) is 8.59. The van der Waals surface area contributed by atoms with Gasteiger partial charge in [0.15, 0.2) is 0 Å². The van der Waals surface area contributed by atoms with Crippen LogP contribution in [0.1, 0.15) is 122 Å². The first-order valence-electron chi connectivity index (χ1n) is 12.8. The Morgan fingerprint density at radius 3 is 1.27 bits per heavy atom. The zero-order valence-corrected chi connectivity index (χ0v) is 20.6. The fourth-order valence-corrected chi connectivity index (χ4v) is 3.88. The van der Waals surface area contributed by atoms with Gasteiger partial charge in [0.2, 0.25) is 0 Å². The molecule has 0 radical (unpaired) electrons. The van der Waals surface area contributed by atoms with Gasteiger partial charge in [-0.05, 0) is 30.5 Å². The molecule has 0 saturated heterocycles. The summed E-state index contributed by atoms with van der Waals surface area (Å²) >= 11 is 6.07. The van der Waals surface area contributed by atoms with Crippen molar-refractivity contribution in [2.75, 3.05) is 13.2 Å². The molecule has 0 aliphatic carbocycles. The van der Waals surface area contributed by atoms with Crippen LogP contribution in [0.25, 0.3) is 0 Å². The van der Waals surface area contributed by atoms with Gasteiger partial charge < -0.3 is 9.47 Å². The van der Waals surface area contributed by atoms with E-state index in [0.717, 1.165) is 43.1 Å². The summed E-state index contributed by atoms with van der Waals surface area (Å²) in [4.78, 5) is 0. The lowest BCUT2D eigenvalue weighted by molar-refractivity contribution is 0.289. The molecule has 1 aromatic rings. The van der Waals surface area contributed by atoms with E-state index in [0.29, 0.717) is 5.88 Å². The third-order valence-electron chi connectivity index (χ3n) is 5.63. The molecule has 0 heterocycles. The van der Waals surface area contributed by atoms with Crippen molar-refractivity contribution in [2.45, 2.75) is 122 Å². The van der Waals surface area contributed by atoms with Crippen molar-refractivity contribution in [3.63, 3.8) is 0 Å². The molecule has 0 unspecified atom stereocenters. The largest absolute Gasteiger partial charge is 0.493 e. The maximum absolute atomic E-state index is 6.07. The van der Waals surface area contributed by atoms with Crippen molar-refractivity contribution >= 4 is 11.6 Å². The van der Waals surface area contributed by atoms with Crippen LogP contribution in [0.5, 0.6) is 11.5 Å². The Labute approximate surface area is 192 Å². The Bertz CT molecular complexity index is 463. The predicted octanol–water partition coefficient (Wildman–Crippen LogP) is 9.46. The first-order valence-corrected chi connectivity index (χ1v) is 13.3. The Hall–Kier alpha value is -0.890. The Balaban J connectivity index is 2.17. The number of hydrogen-bond acceptors (Lipinski definition) is 2. The number of benzene rings is 1. The van der Waals surface area contributed by atoms with Gasteiger partial charge in [-0.2, -0.15) is 0 Å². The van der Waals surface area contributed by atoms with Crippen LogP contribution in [-0.4, -0.2) is 13.2 Å². The number of hydrogen-bond donors (Lipinski definition) is 0. The van der Waals surface area contributed by atoms with E-state index in [-0.39, 0.29) is 0 Å². The van der Waals surface area contributed by atoms with Crippen LogP contribution < -0.4 is 9.47 Å². The van der Waals surface area contributed by atoms with Crippen LogP contribution in [0.4, 0.5) is 0 Å². The molecule has 3 heteroatoms. The molecule has 0 aromatic heterocycles. The van der Waals surface area contributed by atoms with Gasteiger partial charge in [0.1, 0.15) is 11.5 Å². The van der Waals surface area contributed by atoms with Crippen molar-refractivity contribution in [3.8, 4) is 11.5 Å². The number of unbranched alkanes of at least 4 members (excludes halogenated alkanes) is 14. The standard InChI is InChI=1S/C27H47ClO2/c1-3-5-7-9-11-13-15-17-19-29-26-21-25(24-28)22-27(23-26)30-20-18-16-14-12-10-8-6-4-2/h21-23H,3-20,24H2,1-2H3. The van der Waals surface area contributed by atoms with Gasteiger partial charge in [-0.1, -0.05) is 104 Å². The van der Waals surface area contributed by atoms with Gasteiger partial charge >= 0.3 is 0 Å². The molecular weight excluding hydrogens is 392 g/mol. The summed E-state index contributed by atoms with van der Waals surface area (Å²) in [6.45, 7) is 6.09. The Morgan fingerprint density at radius 2 is 0.900 bits per heavy atom. The molecule has 0 saturated carbocycles. The lowest BCUT2D eigenvalue weighted by Crippen LogP contribution is -2.01. The lowest BCUT2D eigenvalue weighted by atomic mass is 10.1. The zero-order valence-electron chi connectivity index (χ0n) is 19.9. The van der Waals surface area contributed by atoms with Crippen LogP contribution in [0.2, 0.25) is 0 Å². The molecule has 30 heavy (non-hydrogen) atoms. The number of halogens is 1. The van der Waals surface area contributed by atoms with Crippen molar-refractivity contribution in [1.82, 2.24) is 0 Å². The highest BCUT2D eigenvalue weighted by Gasteiger charge is 2.04. The smallest absolute Gasteiger partial charge is 0.123 e. The summed E-state index contributed by atoms with van der Waals surface area (Å²) in [6, 6.07) is 6.10. The summed E-state index contributed by atoms with van der Waals surface area (Å²) in [5.74, 6) is 2.27. The average Bonchev–Trinajstić information content (AvgIpc) is 2.76. The van der Waals surface area contributed by atoms with Crippen molar-refractivity contribution < 1.29 is 9.47 Å². The van der Waals surface area contributed by atoms with Gasteiger partial charge in [-0.15, -0.1) is 11.6 Å². The van der Waals surface area contributed by atoms with Crippen LogP contribution in [0, 0.1) is 0 Å². The van der Waals surface area contributed by atoms with Crippen LogP contribution in [0.15, 0.2) is 18.2 Å². The van der Waals surface area contributed by atoms with Gasteiger partial charge in [-0.25, -0.2) is 0 Å². The van der Waals surface area contributed by atoms with Gasteiger partial charge in [0.25, 0.3) is 0 Å². The highest BCUT2D eigenvalue weighted by Crippen LogP contribution is 2.25. The van der Waals surface area contributed by atoms with E-state index >= 15 is 0 Å². The number of alkyl halides is 1. The molecule has 0 spiro atoms. The highest BCUT2D eigenvalue weighted by molar-refractivity contribution is 6.17. The van der Waals surface area contributed by atoms with E-state index in [4.69, 9.17) is 21.1 Å². The van der Waals surface area contributed by atoms with Gasteiger partial charge in [0, 0.05) is 11.9 Å². The van der Waals surface area contributed by atoms with Gasteiger partial charge in [0.05, 0.1) is 13.2 Å². The van der Waals surface area contributed by atoms with Crippen molar-refractivity contribution in [2.24, 2.45) is 0 Å². The Morgan fingerprint density at radius 1 is 0.533 bits per heavy atom. The highest BCUT2D eigenvalue weighted by atomic mass is 35.5. The monoisotopic (exact) mass is 438 g/mol. The van der Waals surface area contributed by atoms with E-state index in [9.17, 15) is 0 Å². The summed E-state index contributed by atoms with van der Waals surface area (Å²) in [5, 5.41) is 0. The molecule has 1 aromatic carbocycles. The van der Waals surface area contributed by atoms with E-state index in [1.807, 2.05) is 18.2 Å². The third-order valence-corrected chi connectivity index (χ3v) is 5.94. The maximum atomic E-state index is 6.07. The van der Waals surface area contributed by atoms with Crippen LogP contribution >= 0.6 is 11.6 Å². The van der Waals surface area contributed by atoms with Crippen LogP contribution in [-0.2, 0) is 5.88 Å². The van der Waals surface area contributed by atoms with Crippen molar-refractivity contribution in [1.29, 1.82) is 0 Å². The summed E-state index contributed by atoms with van der Waals surface area (Å²) < 4.78 is 12.0. The predicted molar refractivity (Wildman–Crippen MR) is 132 cm³/mol. The van der Waals surface area contributed by atoms with E-state index in [1.165, 1.54) is 89.9 Å². The van der Waals surface area contributed by atoms with E-state index in [2.05, 4.69) is 13.8 Å². The molecule has 0 aliphatic rings. The summed E-state index contributed by atoms with van der Waals surface area (Å²) in [7, 11) is 0. The number of ether oxygens (including phenoxy) is 2. The molecule has 0 bridgehead atoms. The molecule has 174 valence electrons. The normalized spacial score (nSPS) is 11.0. The van der Waals surface area contributed by atoms with Crippen molar-refractivity contribution in [3.05, 3.63) is 23.8 Å². The first kappa shape index (κ1) is 27.1. The minimum Gasteiger partial charge on any atom is -0.493 e. The molecular formula is C27H47ClO2. The molecule has 0 fully saturated rings. The lowest BCUT2D eigenvalue weighted by Gasteiger charge is -2.12. The number of rotatable bonds is 21. The zero-order chi connectivity index (χ0) is 21.7. The molecule has 0 atom stereocenters. The molecule has 0 amide bonds. The topological polar surface area (TPSA) is 18.5 Å². The minimum absolute atomic E-state index is 0.489. The quantitative estimate of drug-likeness (QED) is 0.140. The van der Waals surface area contributed by atoms with E-state index in [1.54, 1.807) is 0 Å². The maximum Gasteiger partial charge on any atom is 0.123 e. The Kier molecular flexibility index (Phi) is 18.1. The summed E-state index contributed by atoms with van der Waals surface area (Å²) in [6.07, 6.45) is 21.0. The molecule has 2 nitrogen and oxygen atoms in total. The first-order chi connectivity index (χ1) is 14.8. The molecule has 0 N–H and O–H groups in total. The fraction of sp³-hybridized carbons (Fsp3) is 0.778. The van der Waals surface area contributed by atoms with Gasteiger partial charge in [-0.3, -0.25) is 0 Å². The second kappa shape index (κ2) is 20.0. The second-order valence-corrected chi connectivity index (χ2v) is 8.86. The molecule has 0 aliphatic heterocycles. The fourth-order valence-electron chi connectivity index (χ4n) is 3.73. The third kappa shape index (κ3) is 15.0. The van der Waals surface area contributed by atoms with E-state index < -0.39 is 0 Å². The summed E-state index contributed by atoms with van der Waals surface area (Å²) in [5.41, 5.74) is 1.07. The molecule has 1 rings (SSSR count).